The van der Waals surface area contributed by atoms with Crippen LogP contribution in [0.15, 0.2) is 0 Å². The van der Waals surface area contributed by atoms with Gasteiger partial charge >= 0.3 is 5.97 Å². The first-order valence-corrected chi connectivity index (χ1v) is 4.65. The van der Waals surface area contributed by atoms with E-state index in [0.29, 0.717) is 12.3 Å². The third-order valence-corrected chi connectivity index (χ3v) is 2.65. The SMILES string of the molecule is O=CN[C@H](CC(=O)O)C1CCCC1. The van der Waals surface area contributed by atoms with E-state index >= 15 is 0 Å². The Bertz CT molecular complexity index is 187. The standard InChI is InChI=1S/C9H15NO3/c11-6-10-8(5-9(12)13)7-3-1-2-4-7/h6-8H,1-5H2,(H,10,11)(H,12,13)/t8-/m1/s1. The van der Waals surface area contributed by atoms with Crippen LogP contribution in [0, 0.1) is 5.92 Å². The smallest absolute Gasteiger partial charge is 0.305 e. The third kappa shape index (κ3) is 3.05. The first kappa shape index (κ1) is 10.0. The van der Waals surface area contributed by atoms with Crippen molar-refractivity contribution in [3.8, 4) is 0 Å². The van der Waals surface area contributed by atoms with Crippen molar-refractivity contribution in [1.29, 1.82) is 0 Å². The zero-order valence-electron chi connectivity index (χ0n) is 7.53. The van der Waals surface area contributed by atoms with Crippen LogP contribution in [0.25, 0.3) is 0 Å². The summed E-state index contributed by atoms with van der Waals surface area (Å²) >= 11 is 0. The van der Waals surface area contributed by atoms with Gasteiger partial charge in [-0.05, 0) is 18.8 Å². The largest absolute Gasteiger partial charge is 0.481 e. The van der Waals surface area contributed by atoms with E-state index in [0.717, 1.165) is 25.7 Å². The number of carboxylic acids is 1. The van der Waals surface area contributed by atoms with Gasteiger partial charge < -0.3 is 10.4 Å². The number of carbonyl (C=O) groups excluding carboxylic acids is 1. The summed E-state index contributed by atoms with van der Waals surface area (Å²) in [6.45, 7) is 0. The van der Waals surface area contributed by atoms with Crippen molar-refractivity contribution in [1.82, 2.24) is 5.32 Å². The van der Waals surface area contributed by atoms with Crippen LogP contribution in [0.2, 0.25) is 0 Å². The molecule has 0 heterocycles. The summed E-state index contributed by atoms with van der Waals surface area (Å²) in [5.41, 5.74) is 0. The molecule has 0 aliphatic heterocycles. The molecule has 0 aromatic carbocycles. The molecule has 74 valence electrons. The van der Waals surface area contributed by atoms with Gasteiger partial charge in [-0.3, -0.25) is 9.59 Å². The first-order chi connectivity index (χ1) is 6.24. The summed E-state index contributed by atoms with van der Waals surface area (Å²) in [4.78, 5) is 20.7. The molecule has 1 aliphatic rings. The minimum atomic E-state index is -0.841. The molecule has 1 atom stereocenters. The lowest BCUT2D eigenvalue weighted by molar-refractivity contribution is -0.137. The molecule has 1 aliphatic carbocycles. The van der Waals surface area contributed by atoms with Crippen LogP contribution in [0.5, 0.6) is 0 Å². The minimum absolute atomic E-state index is 0.0450. The van der Waals surface area contributed by atoms with Gasteiger partial charge in [-0.2, -0.15) is 0 Å². The van der Waals surface area contributed by atoms with Gasteiger partial charge in [0.25, 0.3) is 0 Å². The second-order valence-electron chi connectivity index (χ2n) is 3.53. The highest BCUT2D eigenvalue weighted by atomic mass is 16.4. The topological polar surface area (TPSA) is 66.4 Å². The third-order valence-electron chi connectivity index (χ3n) is 2.65. The number of nitrogens with one attached hydrogen (secondary N) is 1. The van der Waals surface area contributed by atoms with E-state index in [9.17, 15) is 9.59 Å². The molecule has 4 nitrogen and oxygen atoms in total. The normalized spacial score (nSPS) is 19.7. The predicted octanol–water partition coefficient (Wildman–Crippen LogP) is 0.766. The Hall–Kier alpha value is -1.06. The number of rotatable bonds is 5. The first-order valence-electron chi connectivity index (χ1n) is 4.65. The lowest BCUT2D eigenvalue weighted by Gasteiger charge is -2.20. The van der Waals surface area contributed by atoms with Crippen molar-refractivity contribution >= 4 is 12.4 Å². The molecular formula is C9H15NO3. The minimum Gasteiger partial charge on any atom is -0.481 e. The molecule has 1 rings (SSSR count). The zero-order valence-corrected chi connectivity index (χ0v) is 7.53. The van der Waals surface area contributed by atoms with Crippen LogP contribution >= 0.6 is 0 Å². The number of carbonyl (C=O) groups is 2. The van der Waals surface area contributed by atoms with E-state index in [4.69, 9.17) is 5.11 Å². The highest BCUT2D eigenvalue weighted by molar-refractivity contribution is 5.68. The Morgan fingerprint density at radius 1 is 1.54 bits per heavy atom. The quantitative estimate of drug-likeness (QED) is 0.621. The van der Waals surface area contributed by atoms with Gasteiger partial charge in [-0.15, -0.1) is 0 Å². The summed E-state index contributed by atoms with van der Waals surface area (Å²) in [5.74, 6) is -0.479. The molecule has 1 amide bonds. The Labute approximate surface area is 77.3 Å². The number of amides is 1. The molecule has 4 heteroatoms. The van der Waals surface area contributed by atoms with Crippen molar-refractivity contribution in [3.05, 3.63) is 0 Å². The average molecular weight is 185 g/mol. The van der Waals surface area contributed by atoms with Crippen LogP contribution in [-0.4, -0.2) is 23.5 Å². The molecule has 0 bridgehead atoms. The number of aliphatic carboxylic acids is 1. The summed E-state index contributed by atoms with van der Waals surface area (Å²) in [7, 11) is 0. The van der Waals surface area contributed by atoms with Crippen molar-refractivity contribution in [2.45, 2.75) is 38.1 Å². The van der Waals surface area contributed by atoms with Crippen molar-refractivity contribution in [2.24, 2.45) is 5.92 Å². The molecule has 0 aromatic heterocycles. The maximum absolute atomic E-state index is 10.5. The van der Waals surface area contributed by atoms with E-state index < -0.39 is 5.97 Å². The average Bonchev–Trinajstić information content (AvgIpc) is 2.54. The molecule has 0 aromatic rings. The fraction of sp³-hybridized carbons (Fsp3) is 0.778. The summed E-state index contributed by atoms with van der Waals surface area (Å²) in [6.07, 6.45) is 5.04. The van der Waals surface area contributed by atoms with Crippen LogP contribution in [-0.2, 0) is 9.59 Å². The highest BCUT2D eigenvalue weighted by Gasteiger charge is 2.26. The molecular weight excluding hydrogens is 170 g/mol. The predicted molar refractivity (Wildman–Crippen MR) is 47.2 cm³/mol. The molecule has 0 unspecified atom stereocenters. The fourth-order valence-corrected chi connectivity index (χ4v) is 2.00. The zero-order chi connectivity index (χ0) is 9.68. The summed E-state index contributed by atoms with van der Waals surface area (Å²) in [6, 6.07) is -0.169. The van der Waals surface area contributed by atoms with Gasteiger partial charge in [-0.25, -0.2) is 0 Å². The molecule has 13 heavy (non-hydrogen) atoms. The summed E-state index contributed by atoms with van der Waals surface area (Å²) < 4.78 is 0. The number of carboxylic acid groups (broad SMARTS) is 1. The summed E-state index contributed by atoms with van der Waals surface area (Å²) in [5, 5.41) is 11.2. The molecule has 1 saturated carbocycles. The molecule has 1 fully saturated rings. The Morgan fingerprint density at radius 2 is 2.15 bits per heavy atom. The second kappa shape index (κ2) is 4.84. The van der Waals surface area contributed by atoms with Crippen molar-refractivity contribution in [3.63, 3.8) is 0 Å². The van der Waals surface area contributed by atoms with Gasteiger partial charge in [-0.1, -0.05) is 12.8 Å². The van der Waals surface area contributed by atoms with E-state index in [1.165, 1.54) is 0 Å². The molecule has 0 spiro atoms. The lowest BCUT2D eigenvalue weighted by Crippen LogP contribution is -2.36. The monoisotopic (exact) mass is 185 g/mol. The molecule has 2 N–H and O–H groups in total. The Morgan fingerprint density at radius 3 is 2.62 bits per heavy atom. The van der Waals surface area contributed by atoms with Gasteiger partial charge in [0, 0.05) is 6.04 Å². The van der Waals surface area contributed by atoms with Crippen molar-refractivity contribution < 1.29 is 14.7 Å². The van der Waals surface area contributed by atoms with E-state index in [2.05, 4.69) is 5.32 Å². The highest BCUT2D eigenvalue weighted by Crippen LogP contribution is 2.28. The second-order valence-corrected chi connectivity index (χ2v) is 3.53. The van der Waals surface area contributed by atoms with Crippen molar-refractivity contribution in [2.75, 3.05) is 0 Å². The fourth-order valence-electron chi connectivity index (χ4n) is 2.00. The van der Waals surface area contributed by atoms with Crippen LogP contribution in [0.3, 0.4) is 0 Å². The van der Waals surface area contributed by atoms with E-state index in [1.54, 1.807) is 0 Å². The van der Waals surface area contributed by atoms with Gasteiger partial charge in [0.1, 0.15) is 0 Å². The van der Waals surface area contributed by atoms with Gasteiger partial charge in [0.05, 0.1) is 6.42 Å². The number of hydrogen-bond acceptors (Lipinski definition) is 2. The molecule has 0 radical (unpaired) electrons. The Kier molecular flexibility index (Phi) is 3.73. The van der Waals surface area contributed by atoms with E-state index in [-0.39, 0.29) is 12.5 Å². The van der Waals surface area contributed by atoms with E-state index in [1.807, 2.05) is 0 Å². The maximum Gasteiger partial charge on any atom is 0.305 e. The maximum atomic E-state index is 10.5. The van der Waals surface area contributed by atoms with Crippen LogP contribution in [0.1, 0.15) is 32.1 Å². The Balaban J connectivity index is 2.44. The van der Waals surface area contributed by atoms with Gasteiger partial charge in [0.15, 0.2) is 0 Å². The lowest BCUT2D eigenvalue weighted by atomic mass is 9.96. The van der Waals surface area contributed by atoms with Crippen LogP contribution in [0.4, 0.5) is 0 Å². The van der Waals surface area contributed by atoms with Gasteiger partial charge in [0.2, 0.25) is 6.41 Å². The van der Waals surface area contributed by atoms with Crippen LogP contribution < -0.4 is 5.32 Å². The molecule has 0 saturated heterocycles. The number of hydrogen-bond donors (Lipinski definition) is 2.